The van der Waals surface area contributed by atoms with E-state index in [0.717, 1.165) is 22.4 Å². The van der Waals surface area contributed by atoms with Crippen molar-refractivity contribution < 1.29 is 14.3 Å². The molecule has 0 aliphatic carbocycles. The molecule has 2 amide bonds. The second-order valence-electron chi connectivity index (χ2n) is 7.58. The molecule has 0 aliphatic heterocycles. The number of hydrogen-bond donors (Lipinski definition) is 3. The number of aromatic nitrogens is 3. The van der Waals surface area contributed by atoms with E-state index in [0.29, 0.717) is 35.2 Å². The van der Waals surface area contributed by atoms with Gasteiger partial charge in [-0.3, -0.25) is 30.1 Å². The third-order valence-corrected chi connectivity index (χ3v) is 5.43. The van der Waals surface area contributed by atoms with Crippen LogP contribution in [0.3, 0.4) is 0 Å². The number of aromatic amines is 1. The van der Waals surface area contributed by atoms with Gasteiger partial charge in [0.2, 0.25) is 11.8 Å². The molecule has 8 nitrogen and oxygen atoms in total. The van der Waals surface area contributed by atoms with Gasteiger partial charge in [0.05, 0.1) is 6.61 Å². The van der Waals surface area contributed by atoms with Crippen LogP contribution in [0.15, 0.2) is 42.5 Å². The summed E-state index contributed by atoms with van der Waals surface area (Å²) in [6.45, 7) is 4.61. The molecule has 0 unspecified atom stereocenters. The number of halogens is 1. The smallest absolute Gasteiger partial charge is 0.240 e. The van der Waals surface area contributed by atoms with Crippen LogP contribution in [0.2, 0.25) is 5.02 Å². The van der Waals surface area contributed by atoms with E-state index in [2.05, 4.69) is 21.0 Å². The Kier molecular flexibility index (Phi) is 8.62. The monoisotopic (exact) mass is 487 g/mol. The number of amides is 2. The number of nitrogens with one attached hydrogen (secondary N) is 3. The van der Waals surface area contributed by atoms with Gasteiger partial charge in [0.15, 0.2) is 10.6 Å². The van der Waals surface area contributed by atoms with E-state index in [1.165, 1.54) is 0 Å². The van der Waals surface area contributed by atoms with Crippen LogP contribution in [0.1, 0.15) is 30.4 Å². The van der Waals surface area contributed by atoms with Gasteiger partial charge in [-0.1, -0.05) is 35.4 Å². The van der Waals surface area contributed by atoms with E-state index in [-0.39, 0.29) is 24.7 Å². The minimum atomic E-state index is -0.324. The molecule has 0 fully saturated rings. The fourth-order valence-corrected chi connectivity index (χ4v) is 3.65. The molecule has 0 atom stereocenters. The average molecular weight is 488 g/mol. The number of hydrazine groups is 1. The molecule has 33 heavy (non-hydrogen) atoms. The fourth-order valence-electron chi connectivity index (χ4n) is 3.20. The maximum absolute atomic E-state index is 12.2. The molecule has 10 heteroatoms. The van der Waals surface area contributed by atoms with Crippen LogP contribution in [-0.4, -0.2) is 33.2 Å². The molecule has 1 heterocycles. The normalized spacial score (nSPS) is 10.6. The summed E-state index contributed by atoms with van der Waals surface area (Å²) >= 11 is 11.2. The predicted octanol–water partition coefficient (Wildman–Crippen LogP) is 4.27. The number of carbonyl (C=O) groups excluding carboxylic acids is 2. The van der Waals surface area contributed by atoms with Crippen molar-refractivity contribution in [3.05, 3.63) is 63.4 Å². The van der Waals surface area contributed by atoms with Gasteiger partial charge in [-0.15, -0.1) is 0 Å². The molecular formula is C23H26ClN5O3S. The van der Waals surface area contributed by atoms with Crippen LogP contribution in [0.5, 0.6) is 5.75 Å². The number of rotatable bonds is 9. The fraction of sp³-hybridized carbons (Fsp3) is 0.304. The Morgan fingerprint density at radius 2 is 1.88 bits per heavy atom. The van der Waals surface area contributed by atoms with Crippen molar-refractivity contribution in [3.8, 4) is 17.1 Å². The molecular weight excluding hydrogens is 462 g/mol. The standard InChI is InChI=1S/C23H26ClN5O3S/c1-15-5-3-6-17(13-15)22-27-28-23(33)29(22)11-10-21(31)26-25-20(30)7-4-12-32-19-9-8-18(24)14-16(19)2/h3,5-6,8-9,13-14H,4,7,10-12H2,1-2H3,(H,25,30)(H,26,31)(H,28,33). The van der Waals surface area contributed by atoms with Gasteiger partial charge in [0.1, 0.15) is 5.75 Å². The summed E-state index contributed by atoms with van der Waals surface area (Å²) in [6.07, 6.45) is 0.858. The Morgan fingerprint density at radius 3 is 2.61 bits per heavy atom. The first kappa shape index (κ1) is 24.5. The van der Waals surface area contributed by atoms with E-state index >= 15 is 0 Å². The number of nitrogens with zero attached hydrogens (tertiary/aromatic N) is 2. The summed E-state index contributed by atoms with van der Waals surface area (Å²) < 4.78 is 7.86. The van der Waals surface area contributed by atoms with Crippen LogP contribution in [0.4, 0.5) is 0 Å². The first-order valence-corrected chi connectivity index (χ1v) is 11.3. The van der Waals surface area contributed by atoms with Crippen molar-refractivity contribution >= 4 is 35.6 Å². The number of H-pyrrole nitrogens is 1. The molecule has 0 saturated carbocycles. The topological polar surface area (TPSA) is 101 Å². The van der Waals surface area contributed by atoms with Crippen LogP contribution in [0.25, 0.3) is 11.4 Å². The summed E-state index contributed by atoms with van der Waals surface area (Å²) in [5, 5.41) is 7.70. The van der Waals surface area contributed by atoms with Crippen molar-refractivity contribution in [3.63, 3.8) is 0 Å². The number of ether oxygens (including phenoxy) is 1. The number of hydrogen-bond acceptors (Lipinski definition) is 5. The van der Waals surface area contributed by atoms with Gasteiger partial charge < -0.3 is 4.74 Å². The lowest BCUT2D eigenvalue weighted by Gasteiger charge is -2.10. The third kappa shape index (κ3) is 7.16. The Bertz CT molecular complexity index is 1190. The molecule has 0 spiro atoms. The van der Waals surface area contributed by atoms with E-state index in [1.54, 1.807) is 16.7 Å². The summed E-state index contributed by atoms with van der Waals surface area (Å²) in [7, 11) is 0. The molecule has 3 rings (SSSR count). The lowest BCUT2D eigenvalue weighted by Crippen LogP contribution is -2.41. The highest BCUT2D eigenvalue weighted by Crippen LogP contribution is 2.22. The minimum absolute atomic E-state index is 0.131. The van der Waals surface area contributed by atoms with Gasteiger partial charge in [-0.25, -0.2) is 0 Å². The van der Waals surface area contributed by atoms with Crippen molar-refractivity contribution in [1.82, 2.24) is 25.6 Å². The van der Waals surface area contributed by atoms with Gasteiger partial charge in [-0.05, 0) is 62.3 Å². The lowest BCUT2D eigenvalue weighted by molar-refractivity contribution is -0.129. The molecule has 174 valence electrons. The molecule has 3 N–H and O–H groups in total. The molecule has 0 radical (unpaired) electrons. The number of carbonyl (C=O) groups is 2. The highest BCUT2D eigenvalue weighted by atomic mass is 35.5. The van der Waals surface area contributed by atoms with Crippen LogP contribution >= 0.6 is 23.8 Å². The Balaban J connectivity index is 1.40. The summed E-state index contributed by atoms with van der Waals surface area (Å²) in [4.78, 5) is 24.2. The summed E-state index contributed by atoms with van der Waals surface area (Å²) in [5.41, 5.74) is 7.80. The second-order valence-corrected chi connectivity index (χ2v) is 8.40. The molecule has 2 aromatic carbocycles. The third-order valence-electron chi connectivity index (χ3n) is 4.88. The Hall–Kier alpha value is -3.17. The molecule has 1 aromatic heterocycles. The zero-order chi connectivity index (χ0) is 23.8. The van der Waals surface area contributed by atoms with Crippen molar-refractivity contribution in [1.29, 1.82) is 0 Å². The maximum atomic E-state index is 12.2. The Morgan fingerprint density at radius 1 is 1.12 bits per heavy atom. The zero-order valence-electron chi connectivity index (χ0n) is 18.5. The van der Waals surface area contributed by atoms with Gasteiger partial charge >= 0.3 is 0 Å². The SMILES string of the molecule is Cc1cccc(-c2n[nH]c(=S)n2CCC(=O)NNC(=O)CCCOc2ccc(Cl)cc2C)c1. The van der Waals surface area contributed by atoms with E-state index < -0.39 is 0 Å². The van der Waals surface area contributed by atoms with E-state index in [4.69, 9.17) is 28.6 Å². The highest BCUT2D eigenvalue weighted by Gasteiger charge is 2.11. The van der Waals surface area contributed by atoms with Gasteiger partial charge in [0.25, 0.3) is 0 Å². The molecule has 0 aliphatic rings. The number of aryl methyl sites for hydroxylation is 2. The lowest BCUT2D eigenvalue weighted by atomic mass is 10.1. The average Bonchev–Trinajstić information content (AvgIpc) is 3.15. The van der Waals surface area contributed by atoms with Crippen molar-refractivity contribution in [2.75, 3.05) is 6.61 Å². The van der Waals surface area contributed by atoms with Crippen molar-refractivity contribution in [2.24, 2.45) is 0 Å². The first-order chi connectivity index (χ1) is 15.8. The largest absolute Gasteiger partial charge is 0.493 e. The van der Waals surface area contributed by atoms with E-state index in [9.17, 15) is 9.59 Å². The van der Waals surface area contributed by atoms with E-state index in [1.807, 2.05) is 44.2 Å². The van der Waals surface area contributed by atoms with Gasteiger partial charge in [0, 0.05) is 30.0 Å². The Labute approximate surface area is 202 Å². The van der Waals surface area contributed by atoms with Crippen LogP contribution in [0, 0.1) is 18.6 Å². The highest BCUT2D eigenvalue weighted by molar-refractivity contribution is 7.71. The van der Waals surface area contributed by atoms with Gasteiger partial charge in [-0.2, -0.15) is 5.10 Å². The quantitative estimate of drug-likeness (QED) is 0.237. The molecule has 0 bridgehead atoms. The first-order valence-electron chi connectivity index (χ1n) is 10.5. The second kappa shape index (κ2) is 11.6. The van der Waals surface area contributed by atoms with Crippen molar-refractivity contribution in [2.45, 2.75) is 39.7 Å². The minimum Gasteiger partial charge on any atom is -0.493 e. The predicted molar refractivity (Wildman–Crippen MR) is 129 cm³/mol. The maximum Gasteiger partial charge on any atom is 0.240 e. The zero-order valence-corrected chi connectivity index (χ0v) is 20.1. The summed E-state index contributed by atoms with van der Waals surface area (Å²) in [5.74, 6) is 0.780. The summed E-state index contributed by atoms with van der Waals surface area (Å²) in [6, 6.07) is 13.3. The number of benzene rings is 2. The molecule has 0 saturated heterocycles. The van der Waals surface area contributed by atoms with Crippen LogP contribution < -0.4 is 15.6 Å². The van der Waals surface area contributed by atoms with Crippen LogP contribution in [-0.2, 0) is 16.1 Å². The molecule has 3 aromatic rings.